The first-order chi connectivity index (χ1) is 12.7. The summed E-state index contributed by atoms with van der Waals surface area (Å²) in [4.78, 5) is 19.6. The Morgan fingerprint density at radius 3 is 2.77 bits per heavy atom. The van der Waals surface area contributed by atoms with E-state index in [1.54, 1.807) is 6.20 Å². The van der Waals surface area contributed by atoms with Gasteiger partial charge in [0.25, 0.3) is 0 Å². The highest BCUT2D eigenvalue weighted by atomic mass is 79.9. The Balaban J connectivity index is 1.66. The van der Waals surface area contributed by atoms with Crippen LogP contribution in [0, 0.1) is 0 Å². The quantitative estimate of drug-likeness (QED) is 0.639. The van der Waals surface area contributed by atoms with E-state index in [-0.39, 0.29) is 11.9 Å². The lowest BCUT2D eigenvalue weighted by Crippen LogP contribution is -2.15. The highest BCUT2D eigenvalue weighted by Gasteiger charge is 2.23. The van der Waals surface area contributed by atoms with E-state index in [2.05, 4.69) is 38.0 Å². The molecular weight excluding hydrogens is 392 g/mol. The summed E-state index contributed by atoms with van der Waals surface area (Å²) in [6, 6.07) is 13.9. The molecule has 0 aliphatic heterocycles. The molecule has 1 aliphatic rings. The number of carbonyl (C=O) groups excluding carboxylic acids is 1. The van der Waals surface area contributed by atoms with Crippen LogP contribution in [0.3, 0.4) is 0 Å². The van der Waals surface area contributed by atoms with Crippen LogP contribution < -0.4 is 4.74 Å². The molecule has 0 fully saturated rings. The van der Waals surface area contributed by atoms with Crippen LogP contribution in [0.15, 0.2) is 59.3 Å². The minimum absolute atomic E-state index is 0.170. The van der Waals surface area contributed by atoms with Gasteiger partial charge in [-0.05, 0) is 52.0 Å². The molecule has 1 aliphatic carbocycles. The summed E-state index contributed by atoms with van der Waals surface area (Å²) in [5.74, 6) is 1.86. The van der Waals surface area contributed by atoms with Gasteiger partial charge in [0.2, 0.25) is 0 Å². The third-order valence-electron chi connectivity index (χ3n) is 4.71. The number of nitrogens with zero attached hydrogens (tertiary/aromatic N) is 1. The van der Waals surface area contributed by atoms with Gasteiger partial charge in [0.05, 0.1) is 4.47 Å². The predicted octanol–water partition coefficient (Wildman–Crippen LogP) is 5.05. The Morgan fingerprint density at radius 1 is 1.15 bits per heavy atom. The number of aromatic amines is 1. The van der Waals surface area contributed by atoms with Crippen molar-refractivity contribution in [2.75, 3.05) is 0 Å². The summed E-state index contributed by atoms with van der Waals surface area (Å²) < 4.78 is 7.28. The molecule has 4 rings (SSSR count). The maximum atomic E-state index is 12.1. The third kappa shape index (κ3) is 3.44. The van der Waals surface area contributed by atoms with E-state index in [1.165, 1.54) is 0 Å². The molecule has 5 heteroatoms. The Labute approximate surface area is 160 Å². The first-order valence-corrected chi connectivity index (χ1v) is 9.56. The van der Waals surface area contributed by atoms with Gasteiger partial charge in [-0.15, -0.1) is 0 Å². The molecule has 1 atom stereocenters. The topological polar surface area (TPSA) is 55.0 Å². The van der Waals surface area contributed by atoms with Gasteiger partial charge in [0, 0.05) is 30.8 Å². The molecule has 2 aromatic carbocycles. The molecule has 1 heterocycles. The van der Waals surface area contributed by atoms with Crippen molar-refractivity contribution >= 4 is 21.7 Å². The number of H-pyrrole nitrogens is 1. The van der Waals surface area contributed by atoms with Gasteiger partial charge in [0.15, 0.2) is 5.78 Å². The molecule has 4 nitrogen and oxygen atoms in total. The Bertz CT molecular complexity index is 907. The lowest BCUT2D eigenvalue weighted by Gasteiger charge is -2.23. The lowest BCUT2D eigenvalue weighted by molar-refractivity contribution is 0.0972. The highest BCUT2D eigenvalue weighted by molar-refractivity contribution is 9.10. The van der Waals surface area contributed by atoms with E-state index >= 15 is 0 Å². The van der Waals surface area contributed by atoms with Crippen LogP contribution in [-0.4, -0.2) is 15.8 Å². The summed E-state index contributed by atoms with van der Waals surface area (Å²) in [5, 5.41) is 0. The Kier molecular flexibility index (Phi) is 4.89. The zero-order valence-electron chi connectivity index (χ0n) is 14.2. The molecule has 0 amide bonds. The normalized spacial score (nSPS) is 14.7. The fourth-order valence-corrected chi connectivity index (χ4v) is 4.03. The minimum Gasteiger partial charge on any atom is -0.484 e. The third-order valence-corrected chi connectivity index (χ3v) is 5.58. The number of benzene rings is 2. The molecule has 0 saturated carbocycles. The zero-order valence-corrected chi connectivity index (χ0v) is 15.8. The van der Waals surface area contributed by atoms with E-state index in [1.807, 2.05) is 36.5 Å². The van der Waals surface area contributed by atoms with Crippen molar-refractivity contribution in [3.8, 4) is 5.75 Å². The van der Waals surface area contributed by atoms with Crippen molar-refractivity contribution in [3.05, 3.63) is 81.8 Å². The number of hydrogen-bond donors (Lipinski definition) is 1. The van der Waals surface area contributed by atoms with Crippen LogP contribution in [0.2, 0.25) is 0 Å². The van der Waals surface area contributed by atoms with E-state index in [0.29, 0.717) is 12.8 Å². The summed E-state index contributed by atoms with van der Waals surface area (Å²) in [5.41, 5.74) is 2.96. The van der Waals surface area contributed by atoms with E-state index in [9.17, 15) is 4.79 Å². The molecule has 3 aromatic rings. The number of nitrogens with one attached hydrogen (secondary N) is 1. The van der Waals surface area contributed by atoms with Crippen molar-refractivity contribution in [3.63, 3.8) is 0 Å². The number of fused-ring (bicyclic) bond motifs is 1. The maximum absolute atomic E-state index is 12.1. The first-order valence-electron chi connectivity index (χ1n) is 8.77. The van der Waals surface area contributed by atoms with Crippen molar-refractivity contribution in [2.24, 2.45) is 0 Å². The number of ether oxygens (including phenoxy) is 1. The zero-order chi connectivity index (χ0) is 17.9. The smallest absolute Gasteiger partial charge is 0.163 e. The predicted molar refractivity (Wildman–Crippen MR) is 104 cm³/mol. The van der Waals surface area contributed by atoms with Gasteiger partial charge in [0.1, 0.15) is 17.7 Å². The standard InChI is InChI=1S/C21H19BrN2O2/c22-21-16-7-4-8-17(25)15(16)9-10-18(21)26-19(13-20-23-11-12-24-20)14-5-2-1-3-6-14/h1-3,5-6,9-12,19H,4,7-8,13H2,(H,23,24)/t19-/m0/s1. The van der Waals surface area contributed by atoms with Crippen LogP contribution in [0.4, 0.5) is 0 Å². The SMILES string of the molecule is O=C1CCCc2c1ccc(O[C@@H](Cc1ncc[nH]1)c1ccccc1)c2Br. The molecule has 132 valence electrons. The summed E-state index contributed by atoms with van der Waals surface area (Å²) >= 11 is 3.67. The largest absolute Gasteiger partial charge is 0.484 e. The maximum Gasteiger partial charge on any atom is 0.163 e. The summed E-state index contributed by atoms with van der Waals surface area (Å²) in [6.07, 6.45) is 6.45. The van der Waals surface area contributed by atoms with Crippen LogP contribution in [-0.2, 0) is 12.8 Å². The number of halogens is 1. The second-order valence-electron chi connectivity index (χ2n) is 6.44. The molecule has 0 saturated heterocycles. The molecule has 1 N–H and O–H groups in total. The second-order valence-corrected chi connectivity index (χ2v) is 7.23. The molecule has 1 aromatic heterocycles. The number of carbonyl (C=O) groups is 1. The summed E-state index contributed by atoms with van der Waals surface area (Å²) in [6.45, 7) is 0. The van der Waals surface area contributed by atoms with Crippen molar-refractivity contribution < 1.29 is 9.53 Å². The van der Waals surface area contributed by atoms with Crippen LogP contribution in [0.25, 0.3) is 0 Å². The number of hydrogen-bond acceptors (Lipinski definition) is 3. The highest BCUT2D eigenvalue weighted by Crippen LogP contribution is 2.37. The van der Waals surface area contributed by atoms with Crippen LogP contribution in [0.5, 0.6) is 5.75 Å². The lowest BCUT2D eigenvalue weighted by atomic mass is 9.90. The van der Waals surface area contributed by atoms with Crippen LogP contribution >= 0.6 is 15.9 Å². The number of imidazole rings is 1. The number of ketones is 1. The van der Waals surface area contributed by atoms with Crippen LogP contribution in [0.1, 0.15) is 46.3 Å². The second kappa shape index (κ2) is 7.46. The summed E-state index contributed by atoms with van der Waals surface area (Å²) in [7, 11) is 0. The van der Waals surface area contributed by atoms with Gasteiger partial charge in [-0.3, -0.25) is 4.79 Å². The van der Waals surface area contributed by atoms with E-state index in [4.69, 9.17) is 4.74 Å². The average Bonchev–Trinajstić information content (AvgIpc) is 3.18. The van der Waals surface area contributed by atoms with Gasteiger partial charge in [-0.25, -0.2) is 4.98 Å². The van der Waals surface area contributed by atoms with Gasteiger partial charge in [-0.2, -0.15) is 0 Å². The van der Waals surface area contributed by atoms with Crippen molar-refractivity contribution in [1.29, 1.82) is 0 Å². The Hall–Kier alpha value is -2.40. The molecule has 26 heavy (non-hydrogen) atoms. The molecule has 0 unspecified atom stereocenters. The van der Waals surface area contributed by atoms with Crippen molar-refractivity contribution in [1.82, 2.24) is 9.97 Å². The van der Waals surface area contributed by atoms with E-state index in [0.717, 1.165) is 45.6 Å². The average molecular weight is 411 g/mol. The number of Topliss-reactive ketones (excluding diaryl/α,β-unsaturated/α-hetero) is 1. The fraction of sp³-hybridized carbons (Fsp3) is 0.238. The fourth-order valence-electron chi connectivity index (χ4n) is 3.39. The molecule has 0 bridgehead atoms. The van der Waals surface area contributed by atoms with Gasteiger partial charge < -0.3 is 9.72 Å². The monoisotopic (exact) mass is 410 g/mol. The van der Waals surface area contributed by atoms with Crippen molar-refractivity contribution in [2.45, 2.75) is 31.8 Å². The number of rotatable bonds is 5. The van der Waals surface area contributed by atoms with E-state index < -0.39 is 0 Å². The molecular formula is C21H19BrN2O2. The Morgan fingerprint density at radius 2 is 2.00 bits per heavy atom. The van der Waals surface area contributed by atoms with Gasteiger partial charge >= 0.3 is 0 Å². The first kappa shape index (κ1) is 17.0. The van der Waals surface area contributed by atoms with Gasteiger partial charge in [-0.1, -0.05) is 30.3 Å². The molecule has 0 spiro atoms. The molecule has 0 radical (unpaired) electrons. The number of aromatic nitrogens is 2. The minimum atomic E-state index is -0.170.